The van der Waals surface area contributed by atoms with E-state index in [1.54, 1.807) is 6.92 Å². The minimum Gasteiger partial charge on any atom is -0.396 e. The Morgan fingerprint density at radius 3 is 2.58 bits per heavy atom. The highest BCUT2D eigenvalue weighted by Gasteiger charge is 2.08. The Hall–Kier alpha value is -0.160. The normalized spacial score (nSPS) is 16.0. The molecule has 74 valence electrons. The van der Waals surface area contributed by atoms with E-state index in [1.807, 2.05) is 6.92 Å². The van der Waals surface area contributed by atoms with Crippen LogP contribution in [0.5, 0.6) is 0 Å². The zero-order valence-corrected chi connectivity index (χ0v) is 7.69. The van der Waals surface area contributed by atoms with Crippen LogP contribution >= 0.6 is 0 Å². The minimum atomic E-state index is -0.835. The first kappa shape index (κ1) is 11.8. The molecule has 0 aromatic carbocycles. The van der Waals surface area contributed by atoms with Gasteiger partial charge in [0.1, 0.15) is 0 Å². The van der Waals surface area contributed by atoms with E-state index in [-0.39, 0.29) is 12.9 Å². The summed E-state index contributed by atoms with van der Waals surface area (Å²) in [6, 6.07) is 0. The number of aliphatic hydroxyl groups is 2. The Balaban J connectivity index is 3.33. The predicted molar refractivity (Wildman–Crippen MR) is 44.5 cm³/mol. The van der Waals surface area contributed by atoms with E-state index in [2.05, 4.69) is 0 Å². The van der Waals surface area contributed by atoms with Crippen molar-refractivity contribution in [1.29, 1.82) is 0 Å². The van der Waals surface area contributed by atoms with Gasteiger partial charge in [0.15, 0.2) is 12.6 Å². The lowest BCUT2D eigenvalue weighted by Gasteiger charge is -2.17. The van der Waals surface area contributed by atoms with E-state index < -0.39 is 6.29 Å². The van der Waals surface area contributed by atoms with E-state index in [1.165, 1.54) is 0 Å². The van der Waals surface area contributed by atoms with Crippen LogP contribution in [0.3, 0.4) is 0 Å². The van der Waals surface area contributed by atoms with Crippen molar-refractivity contribution in [2.45, 2.75) is 39.3 Å². The summed E-state index contributed by atoms with van der Waals surface area (Å²) < 4.78 is 10.1. The van der Waals surface area contributed by atoms with Gasteiger partial charge in [-0.15, -0.1) is 0 Å². The van der Waals surface area contributed by atoms with Crippen molar-refractivity contribution in [2.75, 3.05) is 13.2 Å². The quantitative estimate of drug-likeness (QED) is 0.556. The van der Waals surface area contributed by atoms with Crippen molar-refractivity contribution in [3.05, 3.63) is 0 Å². The molecule has 0 fully saturated rings. The van der Waals surface area contributed by atoms with Gasteiger partial charge in [-0.05, 0) is 20.3 Å². The van der Waals surface area contributed by atoms with Crippen molar-refractivity contribution in [2.24, 2.45) is 0 Å². The fourth-order valence-electron chi connectivity index (χ4n) is 0.829. The van der Waals surface area contributed by atoms with Crippen LogP contribution in [0, 0.1) is 0 Å². The lowest BCUT2D eigenvalue weighted by molar-refractivity contribution is -0.221. The maximum Gasteiger partial charge on any atom is 0.157 e. The Morgan fingerprint density at radius 1 is 1.42 bits per heavy atom. The molecule has 0 aliphatic rings. The molecule has 0 aromatic heterocycles. The average Bonchev–Trinajstić information content (AvgIpc) is 2.01. The van der Waals surface area contributed by atoms with Crippen LogP contribution in [0.25, 0.3) is 0 Å². The Kier molecular flexibility index (Phi) is 7.39. The zero-order chi connectivity index (χ0) is 9.40. The molecule has 0 aromatic rings. The first-order chi connectivity index (χ1) is 5.70. The van der Waals surface area contributed by atoms with Crippen LogP contribution in [0.4, 0.5) is 0 Å². The molecule has 0 radical (unpaired) electrons. The molecule has 0 aliphatic heterocycles. The maximum atomic E-state index is 9.16. The largest absolute Gasteiger partial charge is 0.396 e. The molecule has 0 unspecified atom stereocenters. The van der Waals surface area contributed by atoms with E-state index in [9.17, 15) is 0 Å². The molecule has 0 saturated carbocycles. The number of ether oxygens (including phenoxy) is 2. The fraction of sp³-hybridized carbons (Fsp3) is 1.00. The molecule has 0 rings (SSSR count). The Bertz CT molecular complexity index is 97.1. The third kappa shape index (κ3) is 6.54. The van der Waals surface area contributed by atoms with Crippen LogP contribution in [0.2, 0.25) is 0 Å². The van der Waals surface area contributed by atoms with Gasteiger partial charge in [-0.2, -0.15) is 0 Å². The van der Waals surface area contributed by atoms with E-state index >= 15 is 0 Å². The fourth-order valence-corrected chi connectivity index (χ4v) is 0.829. The summed E-state index contributed by atoms with van der Waals surface area (Å²) in [7, 11) is 0. The smallest absolute Gasteiger partial charge is 0.157 e. The first-order valence-electron chi connectivity index (χ1n) is 4.26. The molecule has 2 atom stereocenters. The van der Waals surface area contributed by atoms with Crippen LogP contribution < -0.4 is 0 Å². The van der Waals surface area contributed by atoms with Crippen molar-refractivity contribution in [3.8, 4) is 0 Å². The monoisotopic (exact) mass is 178 g/mol. The summed E-state index contributed by atoms with van der Waals surface area (Å²) in [4.78, 5) is 0. The van der Waals surface area contributed by atoms with Gasteiger partial charge < -0.3 is 19.7 Å². The number of hydrogen-bond donors (Lipinski definition) is 2. The topological polar surface area (TPSA) is 58.9 Å². The first-order valence-corrected chi connectivity index (χ1v) is 4.26. The number of hydrogen-bond acceptors (Lipinski definition) is 4. The molecule has 0 saturated heterocycles. The van der Waals surface area contributed by atoms with Gasteiger partial charge in [-0.25, -0.2) is 0 Å². The molecule has 2 N–H and O–H groups in total. The SMILES string of the molecule is CCO[C@H](C)O[C@@H](O)CCCO. The van der Waals surface area contributed by atoms with Crippen LogP contribution in [-0.2, 0) is 9.47 Å². The molecule has 0 heterocycles. The molecule has 12 heavy (non-hydrogen) atoms. The second kappa shape index (κ2) is 7.49. The van der Waals surface area contributed by atoms with E-state index in [0.29, 0.717) is 19.4 Å². The molecule has 0 bridgehead atoms. The molecule has 4 heteroatoms. The molecular formula is C8H18O4. The zero-order valence-electron chi connectivity index (χ0n) is 7.69. The summed E-state index contributed by atoms with van der Waals surface area (Å²) in [5.41, 5.74) is 0. The predicted octanol–water partition coefficient (Wildman–Crippen LogP) is 0.476. The standard InChI is InChI=1S/C8H18O4/c1-3-11-7(2)12-8(10)5-4-6-9/h7-10H,3-6H2,1-2H3/t7-,8+/m0/s1. The lowest BCUT2D eigenvalue weighted by Crippen LogP contribution is -2.22. The Morgan fingerprint density at radius 2 is 2.08 bits per heavy atom. The van der Waals surface area contributed by atoms with Gasteiger partial charge in [0, 0.05) is 19.6 Å². The van der Waals surface area contributed by atoms with Gasteiger partial charge in [-0.3, -0.25) is 0 Å². The third-order valence-electron chi connectivity index (χ3n) is 1.36. The van der Waals surface area contributed by atoms with E-state index in [0.717, 1.165) is 0 Å². The summed E-state index contributed by atoms with van der Waals surface area (Å²) in [6.45, 7) is 4.23. The molecule has 0 amide bonds. The average molecular weight is 178 g/mol. The van der Waals surface area contributed by atoms with Crippen molar-refractivity contribution in [3.63, 3.8) is 0 Å². The van der Waals surface area contributed by atoms with Crippen LogP contribution in [-0.4, -0.2) is 36.0 Å². The van der Waals surface area contributed by atoms with Gasteiger partial charge in [0.25, 0.3) is 0 Å². The lowest BCUT2D eigenvalue weighted by atomic mass is 10.3. The maximum absolute atomic E-state index is 9.16. The molecule has 0 spiro atoms. The highest BCUT2D eigenvalue weighted by Crippen LogP contribution is 2.03. The number of rotatable bonds is 7. The second-order valence-corrected chi connectivity index (χ2v) is 2.48. The van der Waals surface area contributed by atoms with Crippen LogP contribution in [0.15, 0.2) is 0 Å². The van der Waals surface area contributed by atoms with Crippen molar-refractivity contribution >= 4 is 0 Å². The summed E-state index contributed by atoms with van der Waals surface area (Å²) in [6.07, 6.45) is -0.240. The van der Waals surface area contributed by atoms with Gasteiger partial charge in [0.05, 0.1) is 0 Å². The second-order valence-electron chi connectivity index (χ2n) is 2.48. The van der Waals surface area contributed by atoms with Crippen molar-refractivity contribution < 1.29 is 19.7 Å². The third-order valence-corrected chi connectivity index (χ3v) is 1.36. The minimum absolute atomic E-state index is 0.0729. The Labute approximate surface area is 73.1 Å². The van der Waals surface area contributed by atoms with Crippen molar-refractivity contribution in [1.82, 2.24) is 0 Å². The van der Waals surface area contributed by atoms with Crippen LogP contribution in [0.1, 0.15) is 26.7 Å². The number of aliphatic hydroxyl groups excluding tert-OH is 2. The highest BCUT2D eigenvalue weighted by atomic mass is 16.7. The summed E-state index contributed by atoms with van der Waals surface area (Å²) in [5, 5.41) is 17.6. The molecule has 0 aliphatic carbocycles. The summed E-state index contributed by atoms with van der Waals surface area (Å²) >= 11 is 0. The van der Waals surface area contributed by atoms with E-state index in [4.69, 9.17) is 19.7 Å². The molecule has 4 nitrogen and oxygen atoms in total. The van der Waals surface area contributed by atoms with Gasteiger partial charge in [-0.1, -0.05) is 0 Å². The van der Waals surface area contributed by atoms with Gasteiger partial charge >= 0.3 is 0 Å². The molecular weight excluding hydrogens is 160 g/mol. The highest BCUT2D eigenvalue weighted by molar-refractivity contribution is 4.43. The summed E-state index contributed by atoms with van der Waals surface area (Å²) in [5.74, 6) is 0. The van der Waals surface area contributed by atoms with Gasteiger partial charge in [0.2, 0.25) is 0 Å².